The van der Waals surface area contributed by atoms with Gasteiger partial charge in [-0.05, 0) is 31.8 Å². The second-order valence-corrected chi connectivity index (χ2v) is 8.68. The molecular formula is C20H24N4O6S. The monoisotopic (exact) mass is 448 g/mol. The number of carbonyl (C=O) groups excluding carboxylic acids is 3. The highest BCUT2D eigenvalue weighted by atomic mass is 32.2. The number of nitro groups is 1. The fourth-order valence-electron chi connectivity index (χ4n) is 3.67. The van der Waals surface area contributed by atoms with E-state index in [0.717, 1.165) is 4.91 Å². The number of hydrogen-bond acceptors (Lipinski definition) is 8. The first-order valence-corrected chi connectivity index (χ1v) is 10.7. The Labute approximate surface area is 183 Å². The third kappa shape index (κ3) is 4.88. The highest BCUT2D eigenvalue weighted by Crippen LogP contribution is 2.44. The predicted octanol–water partition coefficient (Wildman–Crippen LogP) is 1.26. The Kier molecular flexibility index (Phi) is 6.96. The van der Waals surface area contributed by atoms with Crippen LogP contribution in [0.2, 0.25) is 0 Å². The number of nitrogens with one attached hydrogen (secondary N) is 1. The Morgan fingerprint density at radius 3 is 2.58 bits per heavy atom. The first-order valence-electron chi connectivity index (χ1n) is 9.71. The van der Waals surface area contributed by atoms with Crippen LogP contribution in [0.15, 0.2) is 34.9 Å². The molecule has 11 heteroatoms. The lowest BCUT2D eigenvalue weighted by atomic mass is 9.94. The van der Waals surface area contributed by atoms with Gasteiger partial charge in [0.1, 0.15) is 18.3 Å². The van der Waals surface area contributed by atoms with Gasteiger partial charge in [-0.2, -0.15) is 0 Å². The van der Waals surface area contributed by atoms with Crippen molar-refractivity contribution >= 4 is 35.2 Å². The van der Waals surface area contributed by atoms with E-state index in [2.05, 4.69) is 5.32 Å². The van der Waals surface area contributed by atoms with E-state index in [1.165, 1.54) is 47.9 Å². The van der Waals surface area contributed by atoms with E-state index in [9.17, 15) is 24.5 Å². The second kappa shape index (κ2) is 9.48. The molecule has 1 N–H and O–H groups in total. The van der Waals surface area contributed by atoms with Crippen LogP contribution < -0.4 is 5.32 Å². The van der Waals surface area contributed by atoms with Crippen LogP contribution in [0.1, 0.15) is 18.9 Å². The molecule has 2 atom stereocenters. The number of rotatable bonds is 9. The molecule has 166 valence electrons. The highest BCUT2D eigenvalue weighted by molar-refractivity contribution is 8.03. The highest BCUT2D eigenvalue weighted by Gasteiger charge is 2.56. The van der Waals surface area contributed by atoms with E-state index in [1.54, 1.807) is 0 Å². The Hall–Kier alpha value is -2.92. The number of likely N-dealkylation sites (N-methyl/N-ethyl adjacent to an activating group) is 1. The summed E-state index contributed by atoms with van der Waals surface area (Å²) in [4.78, 5) is 51.0. The maximum Gasteiger partial charge on any atom is 0.356 e. The van der Waals surface area contributed by atoms with Crippen LogP contribution in [0.5, 0.6) is 0 Å². The zero-order valence-electron chi connectivity index (χ0n) is 17.5. The van der Waals surface area contributed by atoms with Gasteiger partial charge in [-0.25, -0.2) is 4.79 Å². The first-order chi connectivity index (χ1) is 14.7. The van der Waals surface area contributed by atoms with Crippen molar-refractivity contribution in [3.63, 3.8) is 0 Å². The minimum atomic E-state index is -0.603. The minimum Gasteiger partial charge on any atom is -0.456 e. The number of carbonyl (C=O) groups is 3. The van der Waals surface area contributed by atoms with Crippen molar-refractivity contribution in [2.24, 2.45) is 0 Å². The Bertz CT molecular complexity index is 930. The maximum atomic E-state index is 12.9. The largest absolute Gasteiger partial charge is 0.456 e. The number of amides is 2. The molecule has 0 radical (unpaired) electrons. The van der Waals surface area contributed by atoms with Crippen molar-refractivity contribution in [2.75, 3.05) is 26.4 Å². The molecule has 10 nitrogen and oxygen atoms in total. The van der Waals surface area contributed by atoms with Gasteiger partial charge in [0.05, 0.1) is 11.0 Å². The number of hydrogen-bond donors (Lipinski definition) is 1. The number of ether oxygens (including phenoxy) is 1. The van der Waals surface area contributed by atoms with Crippen LogP contribution in [-0.4, -0.2) is 71.0 Å². The molecule has 0 unspecified atom stereocenters. The minimum absolute atomic E-state index is 0.0461. The maximum absolute atomic E-state index is 12.9. The van der Waals surface area contributed by atoms with Crippen LogP contribution in [0, 0.1) is 10.1 Å². The average molecular weight is 449 g/mol. The summed E-state index contributed by atoms with van der Waals surface area (Å²) in [6.45, 7) is 1.82. The number of benzene rings is 1. The molecule has 2 aliphatic rings. The first kappa shape index (κ1) is 22.8. The van der Waals surface area contributed by atoms with Gasteiger partial charge < -0.3 is 10.1 Å². The number of nitrogens with zero attached hydrogens (tertiary/aromatic N) is 3. The lowest BCUT2D eigenvalue weighted by molar-refractivity contribution is -0.384. The van der Waals surface area contributed by atoms with Gasteiger partial charge in [-0.3, -0.25) is 29.5 Å². The Balaban J connectivity index is 1.70. The molecule has 0 spiro atoms. The molecule has 0 aliphatic carbocycles. The average Bonchev–Trinajstić information content (AvgIpc) is 3.03. The van der Waals surface area contributed by atoms with Crippen LogP contribution in [0.4, 0.5) is 5.69 Å². The van der Waals surface area contributed by atoms with Gasteiger partial charge in [0.15, 0.2) is 0 Å². The third-order valence-corrected chi connectivity index (χ3v) is 6.22. The fraction of sp³-hybridized carbons (Fsp3) is 0.450. The number of fused-ring (bicyclic) bond motifs is 1. The quantitative estimate of drug-likeness (QED) is 0.197. The van der Waals surface area contributed by atoms with E-state index >= 15 is 0 Å². The Morgan fingerprint density at radius 2 is 2.00 bits per heavy atom. The summed E-state index contributed by atoms with van der Waals surface area (Å²) in [6, 6.07) is 5.34. The summed E-state index contributed by atoms with van der Waals surface area (Å²) in [7, 11) is 3.66. The van der Waals surface area contributed by atoms with Crippen LogP contribution in [0.3, 0.4) is 0 Å². The van der Waals surface area contributed by atoms with Crippen molar-refractivity contribution in [3.8, 4) is 0 Å². The molecule has 2 aliphatic heterocycles. The number of non-ortho nitro benzene ring substituents is 1. The van der Waals surface area contributed by atoms with Crippen molar-refractivity contribution in [2.45, 2.75) is 32.0 Å². The van der Waals surface area contributed by atoms with Gasteiger partial charge >= 0.3 is 5.97 Å². The normalized spacial score (nSPS) is 19.9. The summed E-state index contributed by atoms with van der Waals surface area (Å²) in [6.07, 6.45) is 0.557. The van der Waals surface area contributed by atoms with Crippen LogP contribution >= 0.6 is 11.8 Å². The van der Waals surface area contributed by atoms with Crippen LogP contribution in [-0.2, 0) is 25.7 Å². The molecule has 1 saturated heterocycles. The molecule has 0 saturated carbocycles. The lowest BCUT2D eigenvalue weighted by Crippen LogP contribution is -2.67. The molecular weight excluding hydrogens is 424 g/mol. The molecule has 3 rings (SSSR count). The van der Waals surface area contributed by atoms with Crippen LogP contribution in [0.25, 0.3) is 0 Å². The van der Waals surface area contributed by atoms with Gasteiger partial charge in [0.2, 0.25) is 11.8 Å². The van der Waals surface area contributed by atoms with Gasteiger partial charge in [0, 0.05) is 42.7 Å². The lowest BCUT2D eigenvalue weighted by Gasteiger charge is -2.46. The van der Waals surface area contributed by atoms with E-state index in [1.807, 2.05) is 19.0 Å². The van der Waals surface area contributed by atoms with E-state index in [-0.39, 0.29) is 41.9 Å². The van der Waals surface area contributed by atoms with E-state index < -0.39 is 10.9 Å². The standard InChI is InChI=1S/C20H24N4O6S/c1-12(25)21-8-9-31-16-10-15-17(22(2)3)19(26)23(15)18(16)20(27)30-11-13-4-6-14(7-5-13)24(28)29/h4-7,15,17H,8-11H2,1-3H3,(H,21,25)/t15-,17-/m1/s1. The number of nitro benzene ring substituents is 1. The summed E-state index contributed by atoms with van der Waals surface area (Å²) >= 11 is 1.43. The van der Waals surface area contributed by atoms with E-state index in [4.69, 9.17) is 4.74 Å². The molecule has 1 aromatic carbocycles. The molecule has 2 amide bonds. The summed E-state index contributed by atoms with van der Waals surface area (Å²) < 4.78 is 5.43. The second-order valence-electron chi connectivity index (χ2n) is 7.49. The smallest absolute Gasteiger partial charge is 0.356 e. The molecule has 0 aromatic heterocycles. The summed E-state index contributed by atoms with van der Waals surface area (Å²) in [5.41, 5.74) is 0.813. The van der Waals surface area contributed by atoms with Crippen molar-refractivity contribution in [1.29, 1.82) is 0 Å². The van der Waals surface area contributed by atoms with Crippen molar-refractivity contribution in [1.82, 2.24) is 15.1 Å². The van der Waals surface area contributed by atoms with E-state index in [0.29, 0.717) is 24.3 Å². The molecule has 31 heavy (non-hydrogen) atoms. The molecule has 1 fully saturated rings. The topological polar surface area (TPSA) is 122 Å². The number of thioether (sulfide) groups is 1. The fourth-order valence-corrected chi connectivity index (χ4v) is 4.72. The molecule has 1 aromatic rings. The van der Waals surface area contributed by atoms with Gasteiger partial charge in [-0.15, -0.1) is 11.8 Å². The van der Waals surface area contributed by atoms with Gasteiger partial charge in [-0.1, -0.05) is 0 Å². The Morgan fingerprint density at radius 1 is 1.32 bits per heavy atom. The molecule has 2 heterocycles. The zero-order chi connectivity index (χ0) is 22.7. The summed E-state index contributed by atoms with van der Waals surface area (Å²) in [5, 5.41) is 13.5. The third-order valence-electron chi connectivity index (χ3n) is 5.11. The number of esters is 1. The van der Waals surface area contributed by atoms with Crippen molar-refractivity contribution < 1.29 is 24.0 Å². The van der Waals surface area contributed by atoms with Crippen molar-refractivity contribution in [3.05, 3.63) is 50.5 Å². The molecule has 0 bridgehead atoms. The SMILES string of the molecule is CC(=O)NCCSC1=C(C(=O)OCc2ccc([N+](=O)[O-])cc2)N2C(=O)[C@H](N(C)C)[C@H]2C1. The predicted molar refractivity (Wildman–Crippen MR) is 114 cm³/mol. The number of β-lactam (4-membered cyclic amide) rings is 1. The van der Waals surface area contributed by atoms with Gasteiger partial charge in [0.25, 0.3) is 5.69 Å². The summed E-state index contributed by atoms with van der Waals surface area (Å²) in [5.74, 6) is -0.311. The zero-order valence-corrected chi connectivity index (χ0v) is 18.3.